The van der Waals surface area contributed by atoms with Crippen LogP contribution in [0.2, 0.25) is 0 Å². The third kappa shape index (κ3) is 2.47. The van der Waals surface area contributed by atoms with Crippen LogP contribution in [0, 0.1) is 0 Å². The van der Waals surface area contributed by atoms with Gasteiger partial charge < -0.3 is 15.2 Å². The molecule has 2 heterocycles. The lowest BCUT2D eigenvalue weighted by Crippen LogP contribution is -2.28. The van der Waals surface area contributed by atoms with E-state index < -0.39 is 11.4 Å². The number of hydrogen-bond donors (Lipinski definition) is 2. The lowest BCUT2D eigenvalue weighted by molar-refractivity contribution is -0.142. The average molecular weight is 304 g/mol. The molecule has 1 aliphatic heterocycles. The molecule has 2 N–H and O–H groups in total. The molecule has 2 aromatic rings. The van der Waals surface area contributed by atoms with Gasteiger partial charge >= 0.3 is 5.97 Å². The Labute approximate surface area is 126 Å². The van der Waals surface area contributed by atoms with Gasteiger partial charge in [-0.25, -0.2) is 4.98 Å². The van der Waals surface area contributed by atoms with Gasteiger partial charge in [-0.05, 0) is 19.9 Å². The summed E-state index contributed by atoms with van der Waals surface area (Å²) in [4.78, 5) is 15.7. The average Bonchev–Trinajstić information content (AvgIpc) is 3.07. The molecule has 1 atom stereocenters. The van der Waals surface area contributed by atoms with Crippen molar-refractivity contribution in [3.8, 4) is 5.75 Å². The molecule has 1 unspecified atom stereocenters. The maximum Gasteiger partial charge on any atom is 0.315 e. The third-order valence-electron chi connectivity index (χ3n) is 3.68. The van der Waals surface area contributed by atoms with Crippen LogP contribution >= 0.6 is 11.3 Å². The molecule has 0 bridgehead atoms. The Morgan fingerprint density at radius 3 is 3.00 bits per heavy atom. The van der Waals surface area contributed by atoms with Gasteiger partial charge in [0.1, 0.15) is 17.8 Å². The lowest BCUT2D eigenvalue weighted by Gasteiger charge is -2.16. The summed E-state index contributed by atoms with van der Waals surface area (Å²) in [5.74, 6) is 0.00606. The Hall–Kier alpha value is -2.08. The number of para-hydroxylation sites is 1. The van der Waals surface area contributed by atoms with Crippen molar-refractivity contribution in [3.05, 3.63) is 40.9 Å². The molecular formula is C15H16N2O3S. The van der Waals surface area contributed by atoms with E-state index in [4.69, 9.17) is 4.74 Å². The monoisotopic (exact) mass is 304 g/mol. The van der Waals surface area contributed by atoms with E-state index in [-0.39, 0.29) is 6.04 Å². The minimum atomic E-state index is -0.986. The number of carboxylic acids is 1. The highest BCUT2D eigenvalue weighted by molar-refractivity contribution is 7.13. The molecule has 5 nitrogen and oxygen atoms in total. The number of thiazole rings is 1. The number of carboxylic acid groups (broad SMARTS) is 1. The molecule has 0 amide bonds. The van der Waals surface area contributed by atoms with Crippen molar-refractivity contribution in [2.45, 2.75) is 25.3 Å². The first kappa shape index (κ1) is 13.9. The molecule has 0 fully saturated rings. The van der Waals surface area contributed by atoms with Gasteiger partial charge in [0.25, 0.3) is 0 Å². The molecule has 110 valence electrons. The van der Waals surface area contributed by atoms with Crippen molar-refractivity contribution < 1.29 is 14.6 Å². The fraction of sp³-hybridized carbons (Fsp3) is 0.333. The van der Waals surface area contributed by atoms with Crippen LogP contribution in [0.5, 0.6) is 5.75 Å². The van der Waals surface area contributed by atoms with Crippen LogP contribution in [0.3, 0.4) is 0 Å². The minimum Gasteiger partial charge on any atom is -0.491 e. The van der Waals surface area contributed by atoms with Gasteiger partial charge in [0.05, 0.1) is 11.7 Å². The number of nitrogens with zero attached hydrogens (tertiary/aromatic N) is 1. The minimum absolute atomic E-state index is 0.0492. The molecule has 0 spiro atoms. The number of hydrogen-bond acceptors (Lipinski definition) is 5. The van der Waals surface area contributed by atoms with E-state index in [1.54, 1.807) is 19.2 Å². The first-order valence-electron chi connectivity index (χ1n) is 6.66. The number of aliphatic carboxylic acids is 1. The summed E-state index contributed by atoms with van der Waals surface area (Å²) >= 11 is 1.41. The highest BCUT2D eigenvalue weighted by Crippen LogP contribution is 2.35. The molecule has 0 saturated carbocycles. The van der Waals surface area contributed by atoms with Gasteiger partial charge in [0.15, 0.2) is 5.13 Å². The Kier molecular flexibility index (Phi) is 3.33. The van der Waals surface area contributed by atoms with Crippen LogP contribution in [-0.4, -0.2) is 22.7 Å². The number of carbonyl (C=O) groups is 1. The van der Waals surface area contributed by atoms with E-state index in [1.807, 2.05) is 24.3 Å². The molecule has 1 aliphatic rings. The van der Waals surface area contributed by atoms with E-state index in [2.05, 4.69) is 10.3 Å². The Morgan fingerprint density at radius 1 is 1.48 bits per heavy atom. The molecule has 3 rings (SSSR count). The zero-order chi connectivity index (χ0) is 15.0. The van der Waals surface area contributed by atoms with Crippen LogP contribution in [0.4, 0.5) is 5.13 Å². The molecule has 0 saturated heterocycles. The topological polar surface area (TPSA) is 71.5 Å². The van der Waals surface area contributed by atoms with Crippen LogP contribution in [0.1, 0.15) is 31.1 Å². The van der Waals surface area contributed by atoms with Crippen LogP contribution in [0.25, 0.3) is 0 Å². The number of rotatable bonds is 4. The number of nitrogens with one attached hydrogen (secondary N) is 1. The smallest absolute Gasteiger partial charge is 0.315 e. The highest BCUT2D eigenvalue weighted by Gasteiger charge is 2.32. The number of anilines is 1. The normalized spacial score (nSPS) is 17.1. The zero-order valence-corrected chi connectivity index (χ0v) is 12.6. The van der Waals surface area contributed by atoms with E-state index in [9.17, 15) is 9.90 Å². The first-order chi connectivity index (χ1) is 9.98. The maximum absolute atomic E-state index is 11.3. The summed E-state index contributed by atoms with van der Waals surface area (Å²) in [6, 6.07) is 7.93. The second kappa shape index (κ2) is 5.04. The van der Waals surface area contributed by atoms with Gasteiger partial charge in [-0.1, -0.05) is 18.2 Å². The maximum atomic E-state index is 11.3. The van der Waals surface area contributed by atoms with E-state index in [1.165, 1.54) is 11.3 Å². The van der Waals surface area contributed by atoms with Crippen LogP contribution in [-0.2, 0) is 10.2 Å². The summed E-state index contributed by atoms with van der Waals surface area (Å²) in [7, 11) is 0. The van der Waals surface area contributed by atoms with E-state index >= 15 is 0 Å². The summed E-state index contributed by atoms with van der Waals surface area (Å²) in [5, 5.41) is 15.1. The largest absolute Gasteiger partial charge is 0.491 e. The van der Waals surface area contributed by atoms with Crippen LogP contribution in [0.15, 0.2) is 29.6 Å². The van der Waals surface area contributed by atoms with Crippen molar-refractivity contribution in [1.29, 1.82) is 0 Å². The van der Waals surface area contributed by atoms with Gasteiger partial charge in [-0.15, -0.1) is 11.3 Å². The third-order valence-corrected chi connectivity index (χ3v) is 4.45. The van der Waals surface area contributed by atoms with Crippen molar-refractivity contribution in [3.63, 3.8) is 0 Å². The number of benzene rings is 1. The summed E-state index contributed by atoms with van der Waals surface area (Å²) in [6.07, 6.45) is 0. The first-order valence-corrected chi connectivity index (χ1v) is 7.54. The quantitative estimate of drug-likeness (QED) is 0.908. The standard InChI is InChI=1S/C15H16N2O3S/c1-15(2,13(18)19)12-8-21-14(17-12)16-10-7-20-11-6-4-3-5-9(10)11/h3-6,8,10H,7H2,1-2H3,(H,16,17)(H,18,19). The molecule has 6 heteroatoms. The van der Waals surface area contributed by atoms with E-state index in [0.29, 0.717) is 17.4 Å². The molecule has 0 aliphatic carbocycles. The summed E-state index contributed by atoms with van der Waals surface area (Å²) < 4.78 is 5.62. The lowest BCUT2D eigenvalue weighted by atomic mass is 9.90. The molecule has 21 heavy (non-hydrogen) atoms. The SMILES string of the molecule is CC(C)(C(=O)O)c1csc(NC2COc3ccccc32)n1. The van der Waals surface area contributed by atoms with Crippen molar-refractivity contribution in [2.24, 2.45) is 0 Å². The van der Waals surface area contributed by atoms with Crippen molar-refractivity contribution in [2.75, 3.05) is 11.9 Å². The summed E-state index contributed by atoms with van der Waals surface area (Å²) in [5.41, 5.74) is 0.682. The molecule has 1 aromatic heterocycles. The molecule has 0 radical (unpaired) electrons. The number of fused-ring (bicyclic) bond motifs is 1. The predicted molar refractivity (Wildman–Crippen MR) is 81.1 cm³/mol. The Morgan fingerprint density at radius 2 is 2.24 bits per heavy atom. The predicted octanol–water partition coefficient (Wildman–Crippen LogP) is 3.05. The zero-order valence-electron chi connectivity index (χ0n) is 11.8. The second-order valence-electron chi connectivity index (χ2n) is 5.51. The van der Waals surface area contributed by atoms with Gasteiger partial charge in [-0.2, -0.15) is 0 Å². The molecule has 1 aromatic carbocycles. The van der Waals surface area contributed by atoms with Crippen molar-refractivity contribution in [1.82, 2.24) is 4.98 Å². The van der Waals surface area contributed by atoms with Crippen molar-refractivity contribution >= 4 is 22.4 Å². The molecular weight excluding hydrogens is 288 g/mol. The second-order valence-corrected chi connectivity index (χ2v) is 6.37. The fourth-order valence-electron chi connectivity index (χ4n) is 2.17. The highest BCUT2D eigenvalue weighted by atomic mass is 32.1. The van der Waals surface area contributed by atoms with Gasteiger partial charge in [-0.3, -0.25) is 4.79 Å². The Bertz CT molecular complexity index is 681. The van der Waals surface area contributed by atoms with E-state index in [0.717, 1.165) is 11.3 Å². The number of ether oxygens (including phenoxy) is 1. The fourth-order valence-corrected chi connectivity index (χ4v) is 3.10. The van der Waals surface area contributed by atoms with Gasteiger partial charge in [0, 0.05) is 10.9 Å². The van der Waals surface area contributed by atoms with Crippen LogP contribution < -0.4 is 10.1 Å². The number of aromatic nitrogens is 1. The summed E-state index contributed by atoms with van der Waals surface area (Å²) in [6.45, 7) is 3.86. The van der Waals surface area contributed by atoms with Gasteiger partial charge in [0.2, 0.25) is 0 Å². The Balaban J connectivity index is 1.79.